The normalized spacial score (nSPS) is 11.1. The molecule has 0 unspecified atom stereocenters. The first-order valence-electron chi connectivity index (χ1n) is 8.43. The van der Waals surface area contributed by atoms with E-state index in [0.717, 1.165) is 50.0 Å². The number of guanidine groups is 1. The monoisotopic (exact) mass is 475 g/mol. The maximum atomic E-state index is 6.01. The summed E-state index contributed by atoms with van der Waals surface area (Å²) in [5.41, 5.74) is 2.41. The largest absolute Gasteiger partial charge is 0.357 e. The van der Waals surface area contributed by atoms with Gasteiger partial charge in [-0.1, -0.05) is 23.7 Å². The highest BCUT2D eigenvalue weighted by Crippen LogP contribution is 2.10. The van der Waals surface area contributed by atoms with E-state index in [-0.39, 0.29) is 24.0 Å². The predicted octanol–water partition coefficient (Wildman–Crippen LogP) is 3.65. The minimum Gasteiger partial charge on any atom is -0.357 e. The maximum Gasteiger partial charge on any atom is 0.191 e. The Kier molecular flexibility index (Phi) is 10.6. The van der Waals surface area contributed by atoms with Crippen molar-refractivity contribution in [2.45, 2.75) is 33.2 Å². The molecule has 1 aromatic carbocycles. The summed E-state index contributed by atoms with van der Waals surface area (Å²) < 4.78 is 1.96. The molecule has 0 saturated carbocycles. The van der Waals surface area contributed by atoms with Gasteiger partial charge in [0.05, 0.1) is 6.20 Å². The summed E-state index contributed by atoms with van der Waals surface area (Å²) in [5, 5.41) is 11.7. The third kappa shape index (κ3) is 8.58. The smallest absolute Gasteiger partial charge is 0.191 e. The topological polar surface area (TPSA) is 54.2 Å². The molecule has 0 fully saturated rings. The van der Waals surface area contributed by atoms with Crippen molar-refractivity contribution in [2.24, 2.45) is 4.99 Å². The number of aliphatic imine (C=N–C) groups is 1. The zero-order chi connectivity index (χ0) is 17.2. The molecule has 5 nitrogen and oxygen atoms in total. The van der Waals surface area contributed by atoms with Crippen LogP contribution in [0.1, 0.15) is 24.5 Å². The Morgan fingerprint density at radius 1 is 1.32 bits per heavy atom. The van der Waals surface area contributed by atoms with Crippen LogP contribution >= 0.6 is 35.6 Å². The Balaban J connectivity index is 0.00000312. The predicted molar refractivity (Wildman–Crippen MR) is 116 cm³/mol. The van der Waals surface area contributed by atoms with Gasteiger partial charge in [-0.2, -0.15) is 5.10 Å². The van der Waals surface area contributed by atoms with Crippen molar-refractivity contribution in [3.05, 3.63) is 52.8 Å². The summed E-state index contributed by atoms with van der Waals surface area (Å²) in [6.07, 6.45) is 5.81. The summed E-state index contributed by atoms with van der Waals surface area (Å²) in [5.74, 6) is 0.858. The van der Waals surface area contributed by atoms with Crippen molar-refractivity contribution in [2.75, 3.05) is 19.6 Å². The van der Waals surface area contributed by atoms with E-state index >= 15 is 0 Å². The molecule has 0 radical (unpaired) electrons. The lowest BCUT2D eigenvalue weighted by Gasteiger charge is -2.11. The second-order valence-electron chi connectivity index (χ2n) is 5.70. The summed E-state index contributed by atoms with van der Waals surface area (Å²) in [6.45, 7) is 7.45. The van der Waals surface area contributed by atoms with E-state index in [4.69, 9.17) is 11.6 Å². The molecule has 2 N–H and O–H groups in total. The molecule has 0 aliphatic heterocycles. The number of nitrogens with zero attached hydrogens (tertiary/aromatic N) is 3. The highest BCUT2D eigenvalue weighted by atomic mass is 127. The van der Waals surface area contributed by atoms with Crippen LogP contribution in [0, 0.1) is 6.92 Å². The number of aromatic nitrogens is 2. The fourth-order valence-electron chi connectivity index (χ4n) is 2.37. The van der Waals surface area contributed by atoms with E-state index in [0.29, 0.717) is 0 Å². The Labute approximate surface area is 172 Å². The summed E-state index contributed by atoms with van der Waals surface area (Å²) >= 11 is 6.01. The van der Waals surface area contributed by atoms with Crippen molar-refractivity contribution in [3.63, 3.8) is 0 Å². The standard InChI is InChI=1S/C18H26ClN5.HI/c1-3-20-18(21-9-5-11-24-14-15(2)13-23-24)22-10-8-16-6-4-7-17(19)12-16;/h4,6-7,12-14H,3,5,8-11H2,1-2H3,(H2,20,21,22);1H. The molecular weight excluding hydrogens is 449 g/mol. The molecule has 0 aliphatic carbocycles. The van der Waals surface area contributed by atoms with Crippen LogP contribution in [0.2, 0.25) is 5.02 Å². The minimum absolute atomic E-state index is 0. The number of hydrogen-bond donors (Lipinski definition) is 2. The van der Waals surface area contributed by atoms with Crippen molar-refractivity contribution >= 4 is 41.5 Å². The first-order chi connectivity index (χ1) is 11.7. The molecule has 0 aliphatic rings. The zero-order valence-corrected chi connectivity index (χ0v) is 17.9. The summed E-state index contributed by atoms with van der Waals surface area (Å²) in [7, 11) is 0. The Hall–Kier alpha value is -1.28. The van der Waals surface area contributed by atoms with Gasteiger partial charge in [-0.05, 0) is 49.9 Å². The van der Waals surface area contributed by atoms with Gasteiger partial charge >= 0.3 is 0 Å². The van der Waals surface area contributed by atoms with E-state index in [9.17, 15) is 0 Å². The van der Waals surface area contributed by atoms with Gasteiger partial charge in [-0.15, -0.1) is 24.0 Å². The average molecular weight is 476 g/mol. The molecule has 0 spiro atoms. The van der Waals surface area contributed by atoms with Gasteiger partial charge < -0.3 is 10.6 Å². The van der Waals surface area contributed by atoms with Gasteiger partial charge in [0.2, 0.25) is 0 Å². The first kappa shape index (κ1) is 21.8. The molecule has 1 heterocycles. The number of rotatable bonds is 8. The lowest BCUT2D eigenvalue weighted by Crippen LogP contribution is -2.38. The number of nitrogens with one attached hydrogen (secondary N) is 2. The highest BCUT2D eigenvalue weighted by Gasteiger charge is 1.99. The summed E-state index contributed by atoms with van der Waals surface area (Å²) in [6, 6.07) is 7.96. The van der Waals surface area contributed by atoms with E-state index in [1.807, 2.05) is 29.1 Å². The molecule has 2 rings (SSSR count). The van der Waals surface area contributed by atoms with Crippen LogP contribution in [-0.4, -0.2) is 35.4 Å². The number of benzene rings is 1. The van der Waals surface area contributed by atoms with Crippen molar-refractivity contribution in [3.8, 4) is 0 Å². The average Bonchev–Trinajstić information content (AvgIpc) is 2.97. The van der Waals surface area contributed by atoms with Crippen LogP contribution in [-0.2, 0) is 13.0 Å². The molecule has 138 valence electrons. The third-order valence-corrected chi connectivity index (χ3v) is 3.75. The lowest BCUT2D eigenvalue weighted by atomic mass is 10.1. The molecule has 1 aromatic heterocycles. The van der Waals surface area contributed by atoms with Gasteiger partial charge in [0, 0.05) is 37.4 Å². The van der Waals surface area contributed by atoms with Crippen LogP contribution in [0.25, 0.3) is 0 Å². The number of hydrogen-bond acceptors (Lipinski definition) is 2. The van der Waals surface area contributed by atoms with E-state index in [2.05, 4.69) is 46.8 Å². The molecule has 25 heavy (non-hydrogen) atoms. The minimum atomic E-state index is 0. The number of halogens is 2. The Morgan fingerprint density at radius 2 is 2.16 bits per heavy atom. The molecular formula is C18H27ClIN5. The SMILES string of the molecule is CCNC(=NCCCn1cc(C)cn1)NCCc1cccc(Cl)c1.I. The Bertz CT molecular complexity index is 656. The van der Waals surface area contributed by atoms with Crippen LogP contribution < -0.4 is 10.6 Å². The van der Waals surface area contributed by atoms with Gasteiger partial charge in [0.15, 0.2) is 5.96 Å². The van der Waals surface area contributed by atoms with E-state index in [1.165, 1.54) is 11.1 Å². The van der Waals surface area contributed by atoms with Crippen LogP contribution in [0.5, 0.6) is 0 Å². The van der Waals surface area contributed by atoms with Crippen LogP contribution in [0.3, 0.4) is 0 Å². The molecule has 0 amide bonds. The first-order valence-corrected chi connectivity index (χ1v) is 8.81. The van der Waals surface area contributed by atoms with Crippen LogP contribution in [0.15, 0.2) is 41.7 Å². The zero-order valence-electron chi connectivity index (χ0n) is 14.8. The summed E-state index contributed by atoms with van der Waals surface area (Å²) in [4.78, 5) is 4.61. The quantitative estimate of drug-likeness (QED) is 0.265. The Morgan fingerprint density at radius 3 is 2.84 bits per heavy atom. The third-order valence-electron chi connectivity index (χ3n) is 3.52. The van der Waals surface area contributed by atoms with E-state index in [1.54, 1.807) is 0 Å². The fourth-order valence-corrected chi connectivity index (χ4v) is 2.59. The molecule has 0 bridgehead atoms. The van der Waals surface area contributed by atoms with E-state index < -0.39 is 0 Å². The fraction of sp³-hybridized carbons (Fsp3) is 0.444. The highest BCUT2D eigenvalue weighted by molar-refractivity contribution is 14.0. The van der Waals surface area contributed by atoms with Crippen molar-refractivity contribution in [1.29, 1.82) is 0 Å². The molecule has 0 atom stereocenters. The van der Waals surface area contributed by atoms with Gasteiger partial charge in [-0.3, -0.25) is 9.67 Å². The second kappa shape index (κ2) is 12.1. The molecule has 0 saturated heterocycles. The maximum absolute atomic E-state index is 6.01. The lowest BCUT2D eigenvalue weighted by molar-refractivity contribution is 0.583. The molecule has 2 aromatic rings. The van der Waals surface area contributed by atoms with Crippen molar-refractivity contribution in [1.82, 2.24) is 20.4 Å². The van der Waals surface area contributed by atoms with Crippen LogP contribution in [0.4, 0.5) is 0 Å². The second-order valence-corrected chi connectivity index (χ2v) is 6.14. The number of aryl methyl sites for hydroxylation is 2. The van der Waals surface area contributed by atoms with Gasteiger partial charge in [-0.25, -0.2) is 0 Å². The molecule has 7 heteroatoms. The van der Waals surface area contributed by atoms with Gasteiger partial charge in [0.1, 0.15) is 0 Å². The van der Waals surface area contributed by atoms with Gasteiger partial charge in [0.25, 0.3) is 0 Å². The van der Waals surface area contributed by atoms with Crippen molar-refractivity contribution < 1.29 is 0 Å².